The summed E-state index contributed by atoms with van der Waals surface area (Å²) in [6.07, 6.45) is 2.69. The lowest BCUT2D eigenvalue weighted by Gasteiger charge is -2.32. The van der Waals surface area contributed by atoms with Gasteiger partial charge in [-0.1, -0.05) is 0 Å². The maximum Gasteiger partial charge on any atom is 0.319 e. The molecule has 2 aromatic heterocycles. The lowest BCUT2D eigenvalue weighted by Crippen LogP contribution is -2.46. The number of aromatic nitrogens is 2. The van der Waals surface area contributed by atoms with Gasteiger partial charge in [-0.3, -0.25) is 9.78 Å². The fourth-order valence-electron chi connectivity index (χ4n) is 3.80. The summed E-state index contributed by atoms with van der Waals surface area (Å²) < 4.78 is 28.1. The predicted molar refractivity (Wildman–Crippen MR) is 114 cm³/mol. The quantitative estimate of drug-likeness (QED) is 0.656. The van der Waals surface area contributed by atoms with E-state index in [2.05, 4.69) is 20.5 Å². The summed E-state index contributed by atoms with van der Waals surface area (Å²) in [5.41, 5.74) is 1.41. The molecule has 3 heterocycles. The minimum Gasteiger partial charge on any atom is -0.335 e. The molecule has 0 radical (unpaired) electrons. The minimum absolute atomic E-state index is 0.0373. The van der Waals surface area contributed by atoms with Crippen LogP contribution in [0.3, 0.4) is 0 Å². The summed E-state index contributed by atoms with van der Waals surface area (Å²) in [6.45, 7) is 2.62. The van der Waals surface area contributed by atoms with Crippen molar-refractivity contribution >= 4 is 22.8 Å². The molecular weight excluding hydrogens is 404 g/mol. The number of rotatable bonds is 5. The molecule has 1 aliphatic rings. The molecule has 0 aliphatic carbocycles. The van der Waals surface area contributed by atoms with Crippen LogP contribution < -0.4 is 16.2 Å². The van der Waals surface area contributed by atoms with E-state index in [-0.39, 0.29) is 23.4 Å². The van der Waals surface area contributed by atoms with E-state index in [0.29, 0.717) is 29.8 Å². The molecule has 0 saturated carbocycles. The molecule has 2 N–H and O–H groups in total. The van der Waals surface area contributed by atoms with Gasteiger partial charge in [-0.05, 0) is 43.2 Å². The summed E-state index contributed by atoms with van der Waals surface area (Å²) in [5, 5.41) is 5.64. The third kappa shape index (κ3) is 5.24. The van der Waals surface area contributed by atoms with Crippen molar-refractivity contribution in [2.75, 3.05) is 25.0 Å². The van der Waals surface area contributed by atoms with Gasteiger partial charge in [0.25, 0.3) is 5.56 Å². The van der Waals surface area contributed by atoms with Crippen LogP contribution in [0.25, 0.3) is 11.0 Å². The monoisotopic (exact) mass is 427 g/mol. The molecule has 1 fully saturated rings. The first-order valence-corrected chi connectivity index (χ1v) is 10.2. The van der Waals surface area contributed by atoms with Gasteiger partial charge in [0.15, 0.2) is 0 Å². The van der Waals surface area contributed by atoms with Crippen molar-refractivity contribution in [3.8, 4) is 0 Å². The van der Waals surface area contributed by atoms with Gasteiger partial charge in [-0.25, -0.2) is 13.6 Å². The van der Waals surface area contributed by atoms with Crippen LogP contribution in [-0.4, -0.2) is 46.2 Å². The van der Waals surface area contributed by atoms with Gasteiger partial charge < -0.3 is 20.1 Å². The van der Waals surface area contributed by atoms with Crippen molar-refractivity contribution in [1.29, 1.82) is 0 Å². The molecule has 162 valence electrons. The summed E-state index contributed by atoms with van der Waals surface area (Å²) in [5.74, 6) is -0.830. The largest absolute Gasteiger partial charge is 0.335 e. The van der Waals surface area contributed by atoms with Crippen molar-refractivity contribution in [3.05, 3.63) is 70.6 Å². The second-order valence-corrected chi connectivity index (χ2v) is 7.60. The third-order valence-electron chi connectivity index (χ3n) is 5.47. The predicted octanol–water partition coefficient (Wildman–Crippen LogP) is 2.96. The highest BCUT2D eigenvalue weighted by Gasteiger charge is 2.21. The Morgan fingerprint density at radius 2 is 1.77 bits per heavy atom. The lowest BCUT2D eigenvalue weighted by molar-refractivity contribution is 0.191. The smallest absolute Gasteiger partial charge is 0.319 e. The highest BCUT2D eigenvalue weighted by atomic mass is 19.1. The SMILES string of the molecule is O=C(Nc1ccc(F)cc1)NC1CCN(CCn2c(=O)ccc3ncc(F)cc32)CC1. The molecule has 0 unspecified atom stereocenters. The zero-order chi connectivity index (χ0) is 21.8. The van der Waals surface area contributed by atoms with E-state index in [9.17, 15) is 18.4 Å². The number of nitrogens with zero attached hydrogens (tertiary/aromatic N) is 3. The fraction of sp³-hybridized carbons (Fsp3) is 0.318. The van der Waals surface area contributed by atoms with Gasteiger partial charge in [0.05, 0.1) is 17.2 Å². The number of carbonyl (C=O) groups is 1. The third-order valence-corrected chi connectivity index (χ3v) is 5.47. The van der Waals surface area contributed by atoms with E-state index in [1.54, 1.807) is 10.6 Å². The Bertz CT molecular complexity index is 1120. The van der Waals surface area contributed by atoms with Gasteiger partial charge in [-0.15, -0.1) is 0 Å². The number of carbonyl (C=O) groups excluding carboxylic acids is 1. The first-order chi connectivity index (χ1) is 15.0. The molecule has 1 saturated heterocycles. The van der Waals surface area contributed by atoms with Crippen molar-refractivity contribution in [2.45, 2.75) is 25.4 Å². The van der Waals surface area contributed by atoms with Crippen LogP contribution in [0.5, 0.6) is 0 Å². The zero-order valence-electron chi connectivity index (χ0n) is 16.9. The van der Waals surface area contributed by atoms with Crippen molar-refractivity contribution in [3.63, 3.8) is 0 Å². The van der Waals surface area contributed by atoms with Gasteiger partial charge in [-0.2, -0.15) is 0 Å². The Morgan fingerprint density at radius 1 is 1.03 bits per heavy atom. The van der Waals surface area contributed by atoms with E-state index >= 15 is 0 Å². The van der Waals surface area contributed by atoms with Gasteiger partial charge >= 0.3 is 6.03 Å². The molecule has 7 nitrogen and oxygen atoms in total. The number of hydrogen-bond donors (Lipinski definition) is 2. The molecule has 4 rings (SSSR count). The average molecular weight is 427 g/mol. The Labute approximate surface area is 177 Å². The number of benzene rings is 1. The summed E-state index contributed by atoms with van der Waals surface area (Å²) >= 11 is 0. The number of likely N-dealkylation sites (tertiary alicyclic amines) is 1. The summed E-state index contributed by atoms with van der Waals surface area (Å²) in [6, 6.07) is 9.70. The normalized spacial score (nSPS) is 15.2. The van der Waals surface area contributed by atoms with Crippen LogP contribution in [0.15, 0.2) is 53.5 Å². The molecule has 1 aliphatic heterocycles. The molecule has 2 amide bonds. The Balaban J connectivity index is 1.28. The Hall–Kier alpha value is -3.33. The van der Waals surface area contributed by atoms with E-state index in [1.807, 2.05) is 0 Å². The van der Waals surface area contributed by atoms with Crippen LogP contribution in [0.1, 0.15) is 12.8 Å². The zero-order valence-corrected chi connectivity index (χ0v) is 16.9. The summed E-state index contributed by atoms with van der Waals surface area (Å²) in [7, 11) is 0. The number of urea groups is 1. The molecule has 0 spiro atoms. The maximum atomic E-state index is 13.6. The van der Waals surface area contributed by atoms with Gasteiger partial charge in [0, 0.05) is 50.0 Å². The number of fused-ring (bicyclic) bond motifs is 1. The first kappa shape index (κ1) is 20.9. The second-order valence-electron chi connectivity index (χ2n) is 7.60. The molecule has 1 aromatic carbocycles. The maximum absolute atomic E-state index is 13.6. The minimum atomic E-state index is -0.474. The average Bonchev–Trinajstić information content (AvgIpc) is 2.76. The Kier molecular flexibility index (Phi) is 6.22. The highest BCUT2D eigenvalue weighted by Crippen LogP contribution is 2.14. The fourth-order valence-corrected chi connectivity index (χ4v) is 3.80. The van der Waals surface area contributed by atoms with Crippen LogP contribution in [0.4, 0.5) is 19.3 Å². The second kappa shape index (κ2) is 9.22. The number of pyridine rings is 2. The number of anilines is 1. The molecule has 9 heteroatoms. The number of amides is 2. The highest BCUT2D eigenvalue weighted by molar-refractivity contribution is 5.89. The standard InChI is InChI=1S/C22H23F2N5O2/c23-15-1-3-17(4-2-15)26-22(31)27-18-7-9-28(10-8-18)11-12-29-20-13-16(24)14-25-19(20)5-6-21(29)30/h1-6,13-14,18H,7-12H2,(H2,26,27,31). The first-order valence-electron chi connectivity index (χ1n) is 10.2. The summed E-state index contributed by atoms with van der Waals surface area (Å²) in [4.78, 5) is 30.7. The lowest BCUT2D eigenvalue weighted by atomic mass is 10.1. The molecule has 3 aromatic rings. The van der Waals surface area contributed by atoms with Crippen molar-refractivity contribution < 1.29 is 13.6 Å². The van der Waals surface area contributed by atoms with Crippen LogP contribution in [0, 0.1) is 11.6 Å². The van der Waals surface area contributed by atoms with E-state index in [4.69, 9.17) is 0 Å². The topological polar surface area (TPSA) is 79.3 Å². The number of halogens is 2. The van der Waals surface area contributed by atoms with Gasteiger partial charge in [0.2, 0.25) is 0 Å². The molecule has 0 bridgehead atoms. The van der Waals surface area contributed by atoms with Crippen molar-refractivity contribution in [2.24, 2.45) is 0 Å². The molecule has 31 heavy (non-hydrogen) atoms. The van der Waals surface area contributed by atoms with Crippen LogP contribution in [-0.2, 0) is 6.54 Å². The van der Waals surface area contributed by atoms with Crippen molar-refractivity contribution in [1.82, 2.24) is 19.8 Å². The van der Waals surface area contributed by atoms with E-state index < -0.39 is 5.82 Å². The number of hydrogen-bond acceptors (Lipinski definition) is 4. The number of nitrogens with one attached hydrogen (secondary N) is 2. The Morgan fingerprint density at radius 3 is 2.52 bits per heavy atom. The van der Waals surface area contributed by atoms with Crippen LogP contribution >= 0.6 is 0 Å². The molecular formula is C22H23F2N5O2. The van der Waals surface area contributed by atoms with Crippen LogP contribution in [0.2, 0.25) is 0 Å². The number of piperidine rings is 1. The van der Waals surface area contributed by atoms with E-state index in [0.717, 1.165) is 32.1 Å². The molecule has 0 atom stereocenters. The van der Waals surface area contributed by atoms with E-state index in [1.165, 1.54) is 36.4 Å². The van der Waals surface area contributed by atoms with Gasteiger partial charge in [0.1, 0.15) is 11.6 Å².